The number of rotatable bonds is 5. The van der Waals surface area contributed by atoms with Crippen LogP contribution in [0.4, 0.5) is 11.4 Å². The minimum atomic E-state index is -0.998. The number of carbonyl (C=O) groups is 2. The molecular weight excluding hydrogens is 438 g/mol. The molecule has 4 aromatic carbocycles. The Balaban J connectivity index is 0.000000803. The van der Waals surface area contributed by atoms with Gasteiger partial charge in [0.2, 0.25) is 0 Å². The van der Waals surface area contributed by atoms with Gasteiger partial charge < -0.3 is 21.1 Å². The predicted octanol–water partition coefficient (Wildman–Crippen LogP) is 7.18. The van der Waals surface area contributed by atoms with Gasteiger partial charge in [0.05, 0.1) is 5.56 Å². The third-order valence-electron chi connectivity index (χ3n) is 5.06. The van der Waals surface area contributed by atoms with Crippen molar-refractivity contribution in [3.05, 3.63) is 96.1 Å². The first-order chi connectivity index (χ1) is 17.0. The number of hydrogen-bond acceptors (Lipinski definition) is 4. The van der Waals surface area contributed by atoms with E-state index in [-0.39, 0.29) is 11.5 Å². The molecule has 35 heavy (non-hydrogen) atoms. The first-order valence-corrected chi connectivity index (χ1v) is 11.3. The van der Waals surface area contributed by atoms with Crippen LogP contribution in [0.25, 0.3) is 21.9 Å². The highest BCUT2D eigenvalue weighted by atomic mass is 16.4. The van der Waals surface area contributed by atoms with E-state index in [0.29, 0.717) is 22.0 Å². The Labute approximate surface area is 206 Å². The van der Waals surface area contributed by atoms with Crippen LogP contribution in [0.15, 0.2) is 84.9 Å². The lowest BCUT2D eigenvalue weighted by Gasteiger charge is -2.11. The van der Waals surface area contributed by atoms with E-state index in [1.165, 1.54) is 12.5 Å². The van der Waals surface area contributed by atoms with Gasteiger partial charge in [0, 0.05) is 29.4 Å². The predicted molar refractivity (Wildman–Crippen MR) is 146 cm³/mol. The van der Waals surface area contributed by atoms with Gasteiger partial charge in [0.25, 0.3) is 5.91 Å². The standard InChI is InChI=1S/C25H20N2O3.C3H8.CH3N/c1-26-19-12-10-17(11-13-19)16-6-8-18(9-7-16)24(28)27-23-15-14-22(25(29)30)20-4-2-3-5-21(20)23;1-3-2;1-2/h2-15,26H,1H3,(H,27,28)(H,29,30);3H2,1-2H3;2H,1H2. The van der Waals surface area contributed by atoms with Crippen LogP contribution in [0, 0.1) is 5.41 Å². The smallest absolute Gasteiger partial charge is 0.336 e. The zero-order valence-electron chi connectivity index (χ0n) is 20.3. The van der Waals surface area contributed by atoms with Crippen molar-refractivity contribution in [2.45, 2.75) is 20.3 Å². The lowest BCUT2D eigenvalue weighted by molar-refractivity contribution is 0.0699. The van der Waals surface area contributed by atoms with E-state index in [4.69, 9.17) is 5.41 Å². The maximum absolute atomic E-state index is 12.8. The van der Waals surface area contributed by atoms with Gasteiger partial charge in [-0.1, -0.05) is 68.8 Å². The second kappa shape index (κ2) is 13.3. The average molecular weight is 470 g/mol. The van der Waals surface area contributed by atoms with Crippen molar-refractivity contribution in [3.8, 4) is 11.1 Å². The lowest BCUT2D eigenvalue weighted by Crippen LogP contribution is -2.12. The second-order valence-electron chi connectivity index (χ2n) is 7.58. The second-order valence-corrected chi connectivity index (χ2v) is 7.58. The molecule has 4 N–H and O–H groups in total. The SMILES string of the molecule is C=N.CCC.CNc1ccc(-c2ccc(C(=O)Nc3ccc(C(=O)O)c4ccccc34)cc2)cc1. The molecule has 1 amide bonds. The van der Waals surface area contributed by atoms with Crippen LogP contribution >= 0.6 is 0 Å². The molecule has 0 saturated heterocycles. The molecular formula is C29H31N3O3. The minimum absolute atomic E-state index is 0.206. The summed E-state index contributed by atoms with van der Waals surface area (Å²) in [4.78, 5) is 24.2. The van der Waals surface area contributed by atoms with Crippen molar-refractivity contribution in [2.24, 2.45) is 0 Å². The minimum Gasteiger partial charge on any atom is -0.478 e. The van der Waals surface area contributed by atoms with Crippen molar-refractivity contribution < 1.29 is 14.7 Å². The van der Waals surface area contributed by atoms with Gasteiger partial charge in [-0.2, -0.15) is 0 Å². The van der Waals surface area contributed by atoms with E-state index >= 15 is 0 Å². The van der Waals surface area contributed by atoms with Gasteiger partial charge in [0.15, 0.2) is 0 Å². The molecule has 0 fully saturated rings. The summed E-state index contributed by atoms with van der Waals surface area (Å²) in [5.74, 6) is -1.25. The number of carboxylic acids is 1. The molecule has 0 aliphatic carbocycles. The third-order valence-corrected chi connectivity index (χ3v) is 5.06. The summed E-state index contributed by atoms with van der Waals surface area (Å²) in [5, 5.41) is 22.2. The monoisotopic (exact) mass is 469 g/mol. The number of fused-ring (bicyclic) bond motifs is 1. The number of nitrogens with one attached hydrogen (secondary N) is 3. The van der Waals surface area contributed by atoms with Crippen molar-refractivity contribution in [3.63, 3.8) is 0 Å². The van der Waals surface area contributed by atoms with Crippen LogP contribution < -0.4 is 10.6 Å². The summed E-state index contributed by atoms with van der Waals surface area (Å²) in [6.07, 6.45) is 1.25. The summed E-state index contributed by atoms with van der Waals surface area (Å²) in [7, 11) is 1.88. The number of hydrogen-bond donors (Lipinski definition) is 4. The topological polar surface area (TPSA) is 102 Å². The molecule has 0 unspecified atom stereocenters. The first kappa shape index (κ1) is 26.8. The molecule has 0 aromatic heterocycles. The Hall–Kier alpha value is -4.45. The molecule has 180 valence electrons. The highest BCUT2D eigenvalue weighted by molar-refractivity contribution is 6.13. The van der Waals surface area contributed by atoms with Gasteiger partial charge in [0.1, 0.15) is 0 Å². The van der Waals surface area contributed by atoms with Gasteiger partial charge >= 0.3 is 5.97 Å². The lowest BCUT2D eigenvalue weighted by atomic mass is 10.0. The number of carboxylic acid groups (broad SMARTS) is 1. The number of benzene rings is 4. The Bertz CT molecular complexity index is 1270. The van der Waals surface area contributed by atoms with Gasteiger partial charge in [-0.15, -0.1) is 0 Å². The number of carbonyl (C=O) groups excluding carboxylic acids is 1. The molecule has 0 spiro atoms. The molecule has 0 saturated carbocycles. The van der Waals surface area contributed by atoms with Crippen LogP contribution in [0.3, 0.4) is 0 Å². The largest absolute Gasteiger partial charge is 0.478 e. The van der Waals surface area contributed by atoms with Crippen molar-refractivity contribution in [2.75, 3.05) is 17.7 Å². The molecule has 4 rings (SSSR count). The van der Waals surface area contributed by atoms with Crippen LogP contribution in [0.2, 0.25) is 0 Å². The molecule has 0 atom stereocenters. The summed E-state index contributed by atoms with van der Waals surface area (Å²) in [6.45, 7) is 6.75. The molecule has 6 heteroatoms. The van der Waals surface area contributed by atoms with Gasteiger partial charge in [-0.05, 0) is 59.6 Å². The zero-order valence-corrected chi connectivity index (χ0v) is 20.3. The molecule has 0 aliphatic rings. The van der Waals surface area contributed by atoms with Crippen LogP contribution in [-0.4, -0.2) is 30.7 Å². The van der Waals surface area contributed by atoms with E-state index in [2.05, 4.69) is 31.2 Å². The molecule has 4 aromatic rings. The fourth-order valence-corrected chi connectivity index (χ4v) is 3.43. The van der Waals surface area contributed by atoms with E-state index < -0.39 is 5.97 Å². The molecule has 0 aliphatic heterocycles. The summed E-state index contributed by atoms with van der Waals surface area (Å²) < 4.78 is 0. The summed E-state index contributed by atoms with van der Waals surface area (Å²) in [5.41, 5.74) is 4.43. The normalized spacial score (nSPS) is 9.69. The molecule has 0 bridgehead atoms. The fraction of sp³-hybridized carbons (Fsp3) is 0.138. The Morgan fingerprint density at radius 3 is 1.83 bits per heavy atom. The summed E-state index contributed by atoms with van der Waals surface area (Å²) >= 11 is 0. The maximum atomic E-state index is 12.8. The zero-order chi connectivity index (χ0) is 25.8. The van der Waals surface area contributed by atoms with Crippen molar-refractivity contribution in [1.29, 1.82) is 5.41 Å². The Morgan fingerprint density at radius 1 is 0.800 bits per heavy atom. The van der Waals surface area contributed by atoms with Crippen molar-refractivity contribution in [1.82, 2.24) is 0 Å². The molecule has 0 radical (unpaired) electrons. The first-order valence-electron chi connectivity index (χ1n) is 11.3. The number of amides is 1. The van der Waals surface area contributed by atoms with Crippen LogP contribution in [0.5, 0.6) is 0 Å². The maximum Gasteiger partial charge on any atom is 0.336 e. The number of anilines is 2. The third kappa shape index (κ3) is 6.77. The van der Waals surface area contributed by atoms with Gasteiger partial charge in [-0.25, -0.2) is 4.79 Å². The quantitative estimate of drug-likeness (QED) is 0.232. The van der Waals surface area contributed by atoms with Crippen molar-refractivity contribution >= 4 is 40.7 Å². The average Bonchev–Trinajstić information content (AvgIpc) is 2.90. The van der Waals surface area contributed by atoms with E-state index in [1.807, 2.05) is 49.5 Å². The molecule has 6 nitrogen and oxygen atoms in total. The van der Waals surface area contributed by atoms with Gasteiger partial charge in [-0.3, -0.25) is 4.79 Å². The van der Waals surface area contributed by atoms with E-state index in [9.17, 15) is 14.7 Å². The van der Waals surface area contributed by atoms with Crippen LogP contribution in [0.1, 0.15) is 41.0 Å². The molecule has 0 heterocycles. The highest BCUT2D eigenvalue weighted by Crippen LogP contribution is 2.28. The van der Waals surface area contributed by atoms with E-state index in [0.717, 1.165) is 16.8 Å². The van der Waals surface area contributed by atoms with E-state index in [1.54, 1.807) is 36.4 Å². The highest BCUT2D eigenvalue weighted by Gasteiger charge is 2.13. The van der Waals surface area contributed by atoms with Crippen LogP contribution in [-0.2, 0) is 0 Å². The number of aromatic carboxylic acids is 1. The summed E-state index contributed by atoms with van der Waals surface area (Å²) in [6, 6.07) is 25.7. The Morgan fingerprint density at radius 2 is 1.31 bits per heavy atom. The Kier molecular flexibility index (Phi) is 10.2. The fourth-order valence-electron chi connectivity index (χ4n) is 3.43.